The van der Waals surface area contributed by atoms with Gasteiger partial charge >= 0.3 is 0 Å². The molecule has 0 aliphatic heterocycles. The van der Waals surface area contributed by atoms with Crippen molar-refractivity contribution in [2.24, 2.45) is 14.1 Å². The maximum Gasteiger partial charge on any atom is 0.243 e. The van der Waals surface area contributed by atoms with Gasteiger partial charge in [-0.3, -0.25) is 0 Å². The zero-order valence-electron chi connectivity index (χ0n) is 22.1. The summed E-state index contributed by atoms with van der Waals surface area (Å²) in [6.45, 7) is 8.66. The van der Waals surface area contributed by atoms with E-state index in [0.717, 1.165) is 30.1 Å². The number of imidazole rings is 2. The van der Waals surface area contributed by atoms with Crippen molar-refractivity contribution >= 4 is 11.4 Å². The molecule has 2 N–H and O–H groups in total. The molecular formula is C26H42N6O4+2. The molecule has 0 radical (unpaired) electrons. The Hall–Kier alpha value is -3.08. The maximum absolute atomic E-state index is 6.11. The molecule has 0 saturated carbocycles. The number of rotatable bonds is 17. The molecule has 3 rings (SSSR count). The molecule has 10 heteroatoms. The van der Waals surface area contributed by atoms with Crippen LogP contribution in [0.5, 0.6) is 5.75 Å². The van der Waals surface area contributed by atoms with E-state index in [-0.39, 0.29) is 0 Å². The highest BCUT2D eigenvalue weighted by molar-refractivity contribution is 5.67. The monoisotopic (exact) mass is 502 g/mol. The maximum atomic E-state index is 6.11. The quantitative estimate of drug-likeness (QED) is 0.169. The number of nitrogens with zero attached hydrogens (tertiary/aromatic N) is 5. The Morgan fingerprint density at radius 3 is 1.83 bits per heavy atom. The Morgan fingerprint density at radius 2 is 1.33 bits per heavy atom. The minimum absolute atomic E-state index is 0.552. The van der Waals surface area contributed by atoms with Crippen molar-refractivity contribution in [1.29, 1.82) is 0 Å². The van der Waals surface area contributed by atoms with Gasteiger partial charge in [-0.15, -0.1) is 0 Å². The van der Waals surface area contributed by atoms with E-state index in [1.807, 2.05) is 73.7 Å². The van der Waals surface area contributed by atoms with Crippen molar-refractivity contribution < 1.29 is 28.1 Å². The van der Waals surface area contributed by atoms with Crippen LogP contribution in [0.3, 0.4) is 0 Å². The van der Waals surface area contributed by atoms with Gasteiger partial charge < -0.3 is 29.6 Å². The molecule has 2 heterocycles. The molecule has 0 fully saturated rings. The molecule has 0 unspecified atom stereocenters. The van der Waals surface area contributed by atoms with Crippen LogP contribution >= 0.6 is 0 Å². The first-order chi connectivity index (χ1) is 17.5. The predicted molar refractivity (Wildman–Crippen MR) is 138 cm³/mol. The number of hydrogen-bond acceptors (Lipinski definition) is 6. The number of nitrogens with two attached hydrogens (primary N) is 1. The zero-order valence-corrected chi connectivity index (χ0v) is 22.1. The van der Waals surface area contributed by atoms with Gasteiger partial charge in [-0.25, -0.2) is 18.3 Å². The van der Waals surface area contributed by atoms with E-state index in [1.165, 1.54) is 0 Å². The molecule has 0 aliphatic carbocycles. The molecule has 0 aliphatic rings. The lowest BCUT2D eigenvalue weighted by atomic mass is 10.1. The Bertz CT molecular complexity index is 1050. The largest absolute Gasteiger partial charge is 0.495 e. The molecule has 0 spiro atoms. The molecule has 10 nitrogen and oxygen atoms in total. The molecule has 198 valence electrons. The number of anilines is 2. The highest BCUT2D eigenvalue weighted by Crippen LogP contribution is 2.32. The van der Waals surface area contributed by atoms with Gasteiger partial charge in [-0.05, 0) is 18.6 Å². The van der Waals surface area contributed by atoms with Gasteiger partial charge in [0.1, 0.15) is 43.6 Å². The molecule has 36 heavy (non-hydrogen) atoms. The normalized spacial score (nSPS) is 11.2. The van der Waals surface area contributed by atoms with Crippen LogP contribution in [-0.4, -0.2) is 69.0 Å². The molecule has 3 aromatic rings. The van der Waals surface area contributed by atoms with Crippen molar-refractivity contribution in [1.82, 2.24) is 9.13 Å². The third-order valence-corrected chi connectivity index (χ3v) is 5.93. The van der Waals surface area contributed by atoms with Crippen LogP contribution in [0.25, 0.3) is 0 Å². The minimum atomic E-state index is 0.552. The number of hydrogen-bond donors (Lipinski definition) is 1. The summed E-state index contributed by atoms with van der Waals surface area (Å²) in [6.07, 6.45) is 12.2. The van der Waals surface area contributed by atoms with Gasteiger partial charge in [-0.2, -0.15) is 0 Å². The fourth-order valence-electron chi connectivity index (χ4n) is 3.83. The number of ether oxygens (including phenoxy) is 4. The van der Waals surface area contributed by atoms with Crippen LogP contribution in [0.4, 0.5) is 11.4 Å². The van der Waals surface area contributed by atoms with Gasteiger partial charge in [0.15, 0.2) is 0 Å². The summed E-state index contributed by atoms with van der Waals surface area (Å²) in [5, 5.41) is 0. The van der Waals surface area contributed by atoms with Gasteiger partial charge in [0.25, 0.3) is 0 Å². The Kier molecular flexibility index (Phi) is 11.1. The summed E-state index contributed by atoms with van der Waals surface area (Å²) >= 11 is 0. The summed E-state index contributed by atoms with van der Waals surface area (Å²) in [5.41, 5.74) is 8.83. The SMILES string of the molecule is COc1cc(N)c(C)cc1N(CCOCCOCCn1cc[n+](C)c1)CCOCCn1cc[n+](C)c1. The standard InChI is InChI=1S/C26H42N6O4/c1-23-19-25(26(33-4)20-24(23)27)32(11-15-34-13-9-30-7-5-28(2)21-30)12-16-36-18-17-35-14-10-31-8-6-29(3)22-31/h5-8,19-22H,9-18,27H2,1-4H3/q+2. The van der Waals surface area contributed by atoms with Crippen LogP contribution in [-0.2, 0) is 41.4 Å². The fourth-order valence-corrected chi connectivity index (χ4v) is 3.83. The second-order valence-corrected chi connectivity index (χ2v) is 8.84. The summed E-state index contributed by atoms with van der Waals surface area (Å²) < 4.78 is 31.4. The number of aryl methyl sites for hydroxylation is 3. The smallest absolute Gasteiger partial charge is 0.243 e. The van der Waals surface area contributed by atoms with Gasteiger partial charge in [0.2, 0.25) is 12.7 Å². The van der Waals surface area contributed by atoms with Gasteiger partial charge in [0, 0.05) is 24.8 Å². The second kappa shape index (κ2) is 14.5. The first-order valence-corrected chi connectivity index (χ1v) is 12.4. The number of benzene rings is 1. The third kappa shape index (κ3) is 8.85. The third-order valence-electron chi connectivity index (χ3n) is 5.93. The van der Waals surface area contributed by atoms with Crippen molar-refractivity contribution in [3.8, 4) is 5.75 Å². The van der Waals surface area contributed by atoms with Gasteiger partial charge in [0.05, 0.1) is 66.5 Å². The van der Waals surface area contributed by atoms with E-state index in [4.69, 9.17) is 24.7 Å². The topological polar surface area (TPSA) is 83.8 Å². The molecule has 0 atom stereocenters. The number of methoxy groups -OCH3 is 1. The summed E-state index contributed by atoms with van der Waals surface area (Å²) in [5.74, 6) is 0.750. The second-order valence-electron chi connectivity index (χ2n) is 8.84. The van der Waals surface area contributed by atoms with Gasteiger partial charge in [-0.1, -0.05) is 0 Å². The lowest BCUT2D eigenvalue weighted by Crippen LogP contribution is -2.32. The van der Waals surface area contributed by atoms with Crippen molar-refractivity contribution in [3.63, 3.8) is 0 Å². The molecule has 1 aromatic carbocycles. The number of aromatic nitrogens is 4. The molecule has 2 aromatic heterocycles. The van der Waals surface area contributed by atoms with Crippen molar-refractivity contribution in [2.75, 3.05) is 70.5 Å². The van der Waals surface area contributed by atoms with E-state index in [2.05, 4.69) is 20.1 Å². The van der Waals surface area contributed by atoms with E-state index in [1.54, 1.807) is 7.11 Å². The Labute approximate surface area is 214 Å². The van der Waals surface area contributed by atoms with E-state index in [9.17, 15) is 0 Å². The lowest BCUT2D eigenvalue weighted by Gasteiger charge is -2.27. The summed E-state index contributed by atoms with van der Waals surface area (Å²) in [4.78, 5) is 2.23. The average Bonchev–Trinajstić information content (AvgIpc) is 3.47. The fraction of sp³-hybridized carbons (Fsp3) is 0.538. The van der Waals surface area contributed by atoms with Crippen LogP contribution < -0.4 is 24.5 Å². The highest BCUT2D eigenvalue weighted by atomic mass is 16.5. The first kappa shape index (κ1) is 27.5. The number of nitrogen functional groups attached to an aromatic ring is 1. The minimum Gasteiger partial charge on any atom is -0.495 e. The van der Waals surface area contributed by atoms with E-state index < -0.39 is 0 Å². The zero-order chi connectivity index (χ0) is 25.8. The predicted octanol–water partition coefficient (Wildman–Crippen LogP) is 1.09. The summed E-state index contributed by atoms with van der Waals surface area (Å²) in [6, 6.07) is 3.95. The molecule has 0 bridgehead atoms. The average molecular weight is 503 g/mol. The van der Waals surface area contributed by atoms with Crippen LogP contribution in [0.15, 0.2) is 49.6 Å². The van der Waals surface area contributed by atoms with Crippen LogP contribution in [0.1, 0.15) is 5.56 Å². The Balaban J connectivity index is 1.43. The first-order valence-electron chi connectivity index (χ1n) is 12.4. The molecule has 0 amide bonds. The van der Waals surface area contributed by atoms with E-state index >= 15 is 0 Å². The van der Waals surface area contributed by atoms with E-state index in [0.29, 0.717) is 58.4 Å². The van der Waals surface area contributed by atoms with Crippen LogP contribution in [0.2, 0.25) is 0 Å². The van der Waals surface area contributed by atoms with Crippen LogP contribution in [0, 0.1) is 6.92 Å². The lowest BCUT2D eigenvalue weighted by molar-refractivity contribution is -0.671. The molecular weight excluding hydrogens is 460 g/mol. The van der Waals surface area contributed by atoms with Crippen molar-refractivity contribution in [3.05, 3.63) is 55.1 Å². The highest BCUT2D eigenvalue weighted by Gasteiger charge is 2.14. The summed E-state index contributed by atoms with van der Waals surface area (Å²) in [7, 11) is 5.68. The van der Waals surface area contributed by atoms with Crippen molar-refractivity contribution in [2.45, 2.75) is 20.0 Å². The molecule has 0 saturated heterocycles. The Morgan fingerprint density at radius 1 is 0.806 bits per heavy atom.